The number of nitrogens with one attached hydrogen (secondary N) is 1. The fourth-order valence-corrected chi connectivity index (χ4v) is 7.89. The maximum atomic E-state index is 11.6. The Morgan fingerprint density at radius 1 is 1.12 bits per heavy atom. The van der Waals surface area contributed by atoms with Gasteiger partial charge in [-0.05, 0) is 6.26 Å². The molecule has 1 atom stereocenters. The second-order valence-electron chi connectivity index (χ2n) is 3.90. The number of aliphatic hydroxyl groups excluding tert-OH is 1. The van der Waals surface area contributed by atoms with Crippen LogP contribution in [-0.4, -0.2) is 76.3 Å². The van der Waals surface area contributed by atoms with E-state index in [9.17, 15) is 9.00 Å². The van der Waals surface area contributed by atoms with E-state index in [1.54, 1.807) is 58.8 Å². The molecule has 2 N–H and O–H groups in total. The van der Waals surface area contributed by atoms with Gasteiger partial charge in [-0.3, -0.25) is 9.20 Å². The van der Waals surface area contributed by atoms with Crippen LogP contribution in [0.4, 0.5) is 4.79 Å². The van der Waals surface area contributed by atoms with Crippen molar-refractivity contribution in [2.45, 2.75) is 0 Å². The Hall–Kier alpha value is 1.50. The number of hydrogen-bond donors (Lipinski definition) is 2. The van der Waals surface area contributed by atoms with Gasteiger partial charge in [0.1, 0.15) is 5.94 Å². The summed E-state index contributed by atoms with van der Waals surface area (Å²) in [5, 5.41) is 15.2. The SMILES string of the molecule is CSCSCOC(=O)NCSCSCSC/N=C\S(=O)CSCSCO. The molecule has 154 valence electrons. The number of thioether (sulfide) groups is 7. The fourth-order valence-electron chi connectivity index (χ4n) is 1.01. The van der Waals surface area contributed by atoms with Crippen LogP contribution in [0.2, 0.25) is 0 Å². The average Bonchev–Trinajstić information content (AvgIpc) is 2.64. The van der Waals surface area contributed by atoms with Crippen molar-refractivity contribution in [2.75, 3.05) is 55.3 Å². The van der Waals surface area contributed by atoms with Crippen LogP contribution in [0.3, 0.4) is 0 Å². The highest BCUT2D eigenvalue weighted by molar-refractivity contribution is 8.23. The second kappa shape index (κ2) is 22.8. The molecule has 0 radical (unpaired) electrons. The quantitative estimate of drug-likeness (QED) is 0.120. The van der Waals surface area contributed by atoms with Gasteiger partial charge in [0.15, 0.2) is 0 Å². The third kappa shape index (κ3) is 21.8. The third-order valence-corrected chi connectivity index (χ3v) is 10.7. The molecule has 0 bridgehead atoms. The van der Waals surface area contributed by atoms with E-state index in [0.29, 0.717) is 22.8 Å². The van der Waals surface area contributed by atoms with Crippen molar-refractivity contribution in [3.63, 3.8) is 0 Å². The molecule has 0 saturated heterocycles. The zero-order valence-corrected chi connectivity index (χ0v) is 20.9. The number of nitrogens with zero attached hydrogens (tertiary/aromatic N) is 1. The highest BCUT2D eigenvalue weighted by Gasteiger charge is 2.00. The van der Waals surface area contributed by atoms with Gasteiger partial charge >= 0.3 is 6.09 Å². The number of aliphatic hydroxyl groups is 1. The van der Waals surface area contributed by atoms with Gasteiger partial charge < -0.3 is 15.2 Å². The average molecular weight is 517 g/mol. The molecule has 0 aromatic rings. The van der Waals surface area contributed by atoms with Gasteiger partial charge in [-0.25, -0.2) is 4.79 Å². The maximum Gasteiger partial charge on any atom is 0.408 e. The molecule has 0 aromatic heterocycles. The fraction of sp³-hybridized carbons (Fsp3) is 0.833. The lowest BCUT2D eigenvalue weighted by Crippen LogP contribution is -2.23. The monoisotopic (exact) mass is 516 g/mol. The maximum absolute atomic E-state index is 11.6. The Morgan fingerprint density at radius 3 is 2.65 bits per heavy atom. The van der Waals surface area contributed by atoms with E-state index in [0.717, 1.165) is 20.3 Å². The summed E-state index contributed by atoms with van der Waals surface area (Å²) in [6.07, 6.45) is 1.63. The topological polar surface area (TPSA) is 88.0 Å². The summed E-state index contributed by atoms with van der Waals surface area (Å²) in [5.74, 6) is 1.61. The molecule has 0 heterocycles. The lowest BCUT2D eigenvalue weighted by molar-refractivity contribution is 0.168. The molecule has 0 aliphatic heterocycles. The summed E-state index contributed by atoms with van der Waals surface area (Å²) in [5.41, 5.74) is 1.50. The summed E-state index contributed by atoms with van der Waals surface area (Å²) in [6, 6.07) is 0. The van der Waals surface area contributed by atoms with Gasteiger partial charge in [0.05, 0.1) is 39.1 Å². The van der Waals surface area contributed by atoms with Gasteiger partial charge in [0.25, 0.3) is 0 Å². The molecule has 26 heavy (non-hydrogen) atoms. The Morgan fingerprint density at radius 2 is 1.88 bits per heavy atom. The molecule has 0 rings (SSSR count). The number of carbonyl (C=O) groups is 1. The van der Waals surface area contributed by atoms with Crippen LogP contribution >= 0.6 is 82.3 Å². The van der Waals surface area contributed by atoms with Crippen molar-refractivity contribution in [1.82, 2.24) is 5.32 Å². The molecule has 1 amide bonds. The first kappa shape index (κ1) is 27.5. The predicted octanol–water partition coefficient (Wildman–Crippen LogP) is 3.86. The van der Waals surface area contributed by atoms with E-state index in [2.05, 4.69) is 10.3 Å². The Bertz CT molecular complexity index is 392. The lowest BCUT2D eigenvalue weighted by Gasteiger charge is -2.06. The number of rotatable bonds is 18. The van der Waals surface area contributed by atoms with Crippen LogP contribution in [0.15, 0.2) is 4.99 Å². The van der Waals surface area contributed by atoms with Crippen LogP contribution in [0.25, 0.3) is 0 Å². The molecule has 6 nitrogen and oxygen atoms in total. The van der Waals surface area contributed by atoms with E-state index in [4.69, 9.17) is 9.84 Å². The first-order valence-electron chi connectivity index (χ1n) is 7.04. The predicted molar refractivity (Wildman–Crippen MR) is 131 cm³/mol. The number of ether oxygens (including phenoxy) is 1. The molecular formula is C12H24N2O4S8. The van der Waals surface area contributed by atoms with E-state index >= 15 is 0 Å². The Kier molecular flexibility index (Phi) is 24.1. The molecule has 0 spiro atoms. The molecule has 0 aliphatic rings. The Labute approximate surface area is 188 Å². The summed E-state index contributed by atoms with van der Waals surface area (Å²) >= 11 is 11.2. The minimum Gasteiger partial charge on any atom is -0.438 e. The van der Waals surface area contributed by atoms with Crippen LogP contribution in [0, 0.1) is 0 Å². The molecule has 0 aliphatic carbocycles. The summed E-state index contributed by atoms with van der Waals surface area (Å²) in [4.78, 5) is 15.5. The van der Waals surface area contributed by atoms with Crippen molar-refractivity contribution in [2.24, 2.45) is 4.99 Å². The van der Waals surface area contributed by atoms with Crippen LogP contribution in [0.5, 0.6) is 0 Å². The standard InChI is InChI=1S/C12H24N2O4S8/c1-19-7-23-6-18-12(16)14-3-21-9-24-8-20-2-13-4-26(17)11-25-10-22-5-15/h4,15H,2-3,5-11H2,1H3,(H,14,16)/b13-4-. The van der Waals surface area contributed by atoms with Crippen LogP contribution < -0.4 is 5.32 Å². The zero-order chi connectivity index (χ0) is 19.3. The third-order valence-electron chi connectivity index (χ3n) is 1.94. The van der Waals surface area contributed by atoms with Crippen LogP contribution in [0.1, 0.15) is 0 Å². The summed E-state index contributed by atoms with van der Waals surface area (Å²) in [6.45, 7) is 0. The first-order valence-corrected chi connectivity index (χ1v) is 16.7. The zero-order valence-electron chi connectivity index (χ0n) is 14.3. The highest BCUT2D eigenvalue weighted by atomic mass is 32.2. The van der Waals surface area contributed by atoms with E-state index < -0.39 is 10.8 Å². The van der Waals surface area contributed by atoms with Gasteiger partial charge in [0.2, 0.25) is 0 Å². The van der Waals surface area contributed by atoms with Crippen molar-refractivity contribution in [3.8, 4) is 0 Å². The molecule has 1 unspecified atom stereocenters. The van der Waals surface area contributed by atoms with Gasteiger partial charge in [0, 0.05) is 20.3 Å². The van der Waals surface area contributed by atoms with Gasteiger partial charge in [-0.1, -0.05) is 0 Å². The first-order chi connectivity index (χ1) is 12.7. The number of alkyl carbamates (subject to hydrolysis) is 1. The summed E-state index contributed by atoms with van der Waals surface area (Å²) < 4.78 is 16.6. The molecule has 0 aromatic carbocycles. The summed E-state index contributed by atoms with van der Waals surface area (Å²) in [7, 11) is -1.05. The number of amides is 1. The van der Waals surface area contributed by atoms with E-state index in [1.807, 2.05) is 6.26 Å². The van der Waals surface area contributed by atoms with Crippen molar-refractivity contribution in [3.05, 3.63) is 0 Å². The number of hydrogen-bond acceptors (Lipinski definition) is 12. The molecular weight excluding hydrogens is 493 g/mol. The highest BCUT2D eigenvalue weighted by Crippen LogP contribution is 2.17. The smallest absolute Gasteiger partial charge is 0.408 e. The van der Waals surface area contributed by atoms with Crippen LogP contribution in [-0.2, 0) is 15.5 Å². The normalized spacial score (nSPS) is 12.4. The van der Waals surface area contributed by atoms with Crippen molar-refractivity contribution >= 4 is 105 Å². The number of aliphatic imine (C=N–C) groups is 1. The van der Waals surface area contributed by atoms with Gasteiger partial charge in [-0.15, -0.1) is 70.6 Å². The number of carbonyl (C=O) groups excluding carboxylic acids is 1. The second-order valence-corrected chi connectivity index (χ2v) is 13.7. The molecule has 0 fully saturated rings. The van der Waals surface area contributed by atoms with Crippen molar-refractivity contribution in [1.29, 1.82) is 0 Å². The Balaban J connectivity index is 3.31. The minimum atomic E-state index is -1.05. The molecule has 0 saturated carbocycles. The van der Waals surface area contributed by atoms with Gasteiger partial charge in [-0.2, -0.15) is 11.8 Å². The molecule has 14 heteroatoms. The lowest BCUT2D eigenvalue weighted by atomic mass is 11.1. The van der Waals surface area contributed by atoms with Crippen molar-refractivity contribution < 1.29 is 18.8 Å². The van der Waals surface area contributed by atoms with E-state index in [-0.39, 0.29) is 12.0 Å². The largest absolute Gasteiger partial charge is 0.438 e. The van der Waals surface area contributed by atoms with E-state index in [1.165, 1.54) is 29.1 Å². The minimum absolute atomic E-state index is 0.0952.